The quantitative estimate of drug-likeness (QED) is 0.353. The van der Waals surface area contributed by atoms with Crippen molar-refractivity contribution in [3.8, 4) is 11.4 Å². The number of nitrogens with one attached hydrogen (secondary N) is 3. The molecule has 2 unspecified atom stereocenters. The van der Waals surface area contributed by atoms with Gasteiger partial charge in [0.25, 0.3) is 5.91 Å². The van der Waals surface area contributed by atoms with Gasteiger partial charge < -0.3 is 25.6 Å². The van der Waals surface area contributed by atoms with E-state index in [9.17, 15) is 9.90 Å². The molecule has 1 aliphatic rings. The molecule has 3 aromatic rings. The molecule has 4 N–H and O–H groups in total. The number of pyridine rings is 1. The van der Waals surface area contributed by atoms with Crippen molar-refractivity contribution in [3.63, 3.8) is 0 Å². The number of hydrogen-bond acceptors (Lipinski definition) is 7. The topological polar surface area (TPSA) is 117 Å². The molecule has 0 bridgehead atoms. The minimum absolute atomic E-state index is 0.0281. The molecule has 1 aromatic carbocycles. The molecule has 10 heteroatoms. The standard InChI is InChI=1S/C23H28ClN7O2/c24-20-14-26-9-6-18(20)13-28-23(33)17-2-1-3-19(12-17)27-15-21-29-30-22(31(21)10-11-32)16-4-7-25-8-5-16/h1-5,7-8,12,18,20,26-27,32H,6,9-11,13-15H2,(H,28,33). The summed E-state index contributed by atoms with van der Waals surface area (Å²) in [5.41, 5.74) is 2.25. The minimum atomic E-state index is -0.121. The second-order valence-corrected chi connectivity index (χ2v) is 8.52. The number of nitrogens with zero attached hydrogens (tertiary/aromatic N) is 4. The summed E-state index contributed by atoms with van der Waals surface area (Å²) in [5, 5.41) is 27.7. The molecular formula is C23H28ClN7O2. The monoisotopic (exact) mass is 469 g/mol. The molecule has 4 rings (SSSR count). The van der Waals surface area contributed by atoms with Crippen LogP contribution in [0.1, 0.15) is 22.6 Å². The highest BCUT2D eigenvalue weighted by Gasteiger charge is 2.23. The van der Waals surface area contributed by atoms with Gasteiger partial charge in [-0.25, -0.2) is 0 Å². The van der Waals surface area contributed by atoms with Gasteiger partial charge >= 0.3 is 0 Å². The smallest absolute Gasteiger partial charge is 0.251 e. The fraction of sp³-hybridized carbons (Fsp3) is 0.391. The molecule has 2 aromatic heterocycles. The van der Waals surface area contributed by atoms with Gasteiger partial charge in [0.05, 0.1) is 18.5 Å². The highest BCUT2D eigenvalue weighted by Crippen LogP contribution is 2.19. The van der Waals surface area contributed by atoms with E-state index in [0.717, 1.165) is 30.8 Å². The van der Waals surface area contributed by atoms with Crippen LogP contribution < -0.4 is 16.0 Å². The molecule has 1 aliphatic heterocycles. The zero-order valence-corrected chi connectivity index (χ0v) is 19.0. The Balaban J connectivity index is 1.40. The molecule has 0 saturated carbocycles. The molecule has 0 spiro atoms. The Morgan fingerprint density at radius 1 is 1.24 bits per heavy atom. The normalized spacial score (nSPS) is 18.1. The van der Waals surface area contributed by atoms with Crippen LogP contribution in [0.2, 0.25) is 0 Å². The van der Waals surface area contributed by atoms with Gasteiger partial charge in [0.15, 0.2) is 11.6 Å². The summed E-state index contributed by atoms with van der Waals surface area (Å²) in [7, 11) is 0. The van der Waals surface area contributed by atoms with Crippen molar-refractivity contribution in [1.29, 1.82) is 0 Å². The third kappa shape index (κ3) is 5.87. The first-order valence-corrected chi connectivity index (χ1v) is 11.5. The summed E-state index contributed by atoms with van der Waals surface area (Å²) in [6, 6.07) is 11.0. The SMILES string of the molecule is O=C(NCC1CCNCC1Cl)c1cccc(NCc2nnc(-c3ccncc3)n2CCO)c1. The summed E-state index contributed by atoms with van der Waals surface area (Å²) in [4.78, 5) is 16.7. The number of benzene rings is 1. The Morgan fingerprint density at radius 2 is 2.09 bits per heavy atom. The zero-order valence-electron chi connectivity index (χ0n) is 18.2. The molecule has 33 heavy (non-hydrogen) atoms. The average molecular weight is 470 g/mol. The lowest BCUT2D eigenvalue weighted by Crippen LogP contribution is -2.43. The predicted molar refractivity (Wildman–Crippen MR) is 127 cm³/mol. The minimum Gasteiger partial charge on any atom is -0.395 e. The van der Waals surface area contributed by atoms with Crippen molar-refractivity contribution in [1.82, 2.24) is 30.4 Å². The lowest BCUT2D eigenvalue weighted by atomic mass is 9.97. The highest BCUT2D eigenvalue weighted by atomic mass is 35.5. The van der Waals surface area contributed by atoms with Crippen LogP contribution in [0.15, 0.2) is 48.8 Å². The van der Waals surface area contributed by atoms with Crippen molar-refractivity contribution >= 4 is 23.2 Å². The molecular weight excluding hydrogens is 442 g/mol. The zero-order chi connectivity index (χ0) is 23.0. The van der Waals surface area contributed by atoms with Gasteiger partial charge in [-0.05, 0) is 49.2 Å². The summed E-state index contributed by atoms with van der Waals surface area (Å²) < 4.78 is 1.88. The first-order valence-electron chi connectivity index (χ1n) is 11.1. The summed E-state index contributed by atoms with van der Waals surface area (Å²) in [6.45, 7) is 3.00. The Labute approximate surface area is 197 Å². The van der Waals surface area contributed by atoms with E-state index < -0.39 is 0 Å². The van der Waals surface area contributed by atoms with Crippen LogP contribution in [0.3, 0.4) is 0 Å². The number of aliphatic hydroxyl groups excluding tert-OH is 1. The Hall–Kier alpha value is -3.01. The van der Waals surface area contributed by atoms with Gasteiger partial charge in [-0.3, -0.25) is 9.78 Å². The largest absolute Gasteiger partial charge is 0.395 e. The fourth-order valence-corrected chi connectivity index (χ4v) is 4.22. The van der Waals surface area contributed by atoms with Crippen molar-refractivity contribution in [2.24, 2.45) is 5.92 Å². The van der Waals surface area contributed by atoms with Crippen LogP contribution in [0, 0.1) is 5.92 Å². The number of carbonyl (C=O) groups is 1. The van der Waals surface area contributed by atoms with Crippen LogP contribution in [0.5, 0.6) is 0 Å². The van der Waals surface area contributed by atoms with E-state index in [0.29, 0.717) is 36.8 Å². The van der Waals surface area contributed by atoms with E-state index in [1.54, 1.807) is 18.5 Å². The van der Waals surface area contributed by atoms with E-state index >= 15 is 0 Å². The van der Waals surface area contributed by atoms with Crippen LogP contribution in [0.4, 0.5) is 5.69 Å². The molecule has 1 amide bonds. The van der Waals surface area contributed by atoms with E-state index in [1.807, 2.05) is 34.9 Å². The first-order chi connectivity index (χ1) is 16.2. The second-order valence-electron chi connectivity index (χ2n) is 7.96. The Morgan fingerprint density at radius 3 is 2.88 bits per heavy atom. The van der Waals surface area contributed by atoms with E-state index in [4.69, 9.17) is 11.6 Å². The number of piperidine rings is 1. The summed E-state index contributed by atoms with van der Waals surface area (Å²) >= 11 is 6.36. The van der Waals surface area contributed by atoms with E-state index in [1.165, 1.54) is 0 Å². The van der Waals surface area contributed by atoms with Gasteiger partial charge in [-0.1, -0.05) is 6.07 Å². The maximum absolute atomic E-state index is 12.7. The van der Waals surface area contributed by atoms with E-state index in [-0.39, 0.29) is 23.8 Å². The van der Waals surface area contributed by atoms with Gasteiger partial charge in [-0.15, -0.1) is 21.8 Å². The number of aliphatic hydroxyl groups is 1. The fourth-order valence-electron chi connectivity index (χ4n) is 3.90. The number of halogens is 1. The van der Waals surface area contributed by atoms with Gasteiger partial charge in [-0.2, -0.15) is 0 Å². The number of anilines is 1. The van der Waals surface area contributed by atoms with Crippen LogP contribution >= 0.6 is 11.6 Å². The van der Waals surface area contributed by atoms with Gasteiger partial charge in [0, 0.05) is 48.8 Å². The summed E-state index contributed by atoms with van der Waals surface area (Å²) in [6.07, 6.45) is 4.34. The second kappa shape index (κ2) is 11.2. The van der Waals surface area contributed by atoms with Crippen molar-refractivity contribution < 1.29 is 9.90 Å². The van der Waals surface area contributed by atoms with Crippen molar-refractivity contribution in [3.05, 3.63) is 60.2 Å². The number of amides is 1. The first kappa shape index (κ1) is 23.2. The Bertz CT molecular complexity index is 1060. The highest BCUT2D eigenvalue weighted by molar-refractivity contribution is 6.21. The Kier molecular flexibility index (Phi) is 7.87. The molecule has 1 saturated heterocycles. The third-order valence-corrected chi connectivity index (χ3v) is 6.24. The van der Waals surface area contributed by atoms with Gasteiger partial charge in [0.2, 0.25) is 0 Å². The third-order valence-electron chi connectivity index (χ3n) is 5.73. The number of hydrogen-bond donors (Lipinski definition) is 4. The van der Waals surface area contributed by atoms with E-state index in [2.05, 4.69) is 31.1 Å². The number of aromatic nitrogens is 4. The lowest BCUT2D eigenvalue weighted by molar-refractivity contribution is 0.0944. The molecule has 174 valence electrons. The number of rotatable bonds is 9. The van der Waals surface area contributed by atoms with Crippen LogP contribution in [-0.4, -0.2) is 62.4 Å². The van der Waals surface area contributed by atoms with Crippen molar-refractivity contribution in [2.75, 3.05) is 31.6 Å². The summed E-state index contributed by atoms with van der Waals surface area (Å²) in [5.74, 6) is 1.51. The van der Waals surface area contributed by atoms with Crippen molar-refractivity contribution in [2.45, 2.75) is 24.9 Å². The molecule has 0 aliphatic carbocycles. The maximum Gasteiger partial charge on any atom is 0.251 e. The maximum atomic E-state index is 12.7. The molecule has 9 nitrogen and oxygen atoms in total. The number of carbonyl (C=O) groups excluding carboxylic acids is 1. The molecule has 0 radical (unpaired) electrons. The molecule has 3 heterocycles. The predicted octanol–water partition coefficient (Wildman–Crippen LogP) is 1.89. The van der Waals surface area contributed by atoms with Gasteiger partial charge in [0.1, 0.15) is 0 Å². The lowest BCUT2D eigenvalue weighted by Gasteiger charge is -2.27. The van der Waals surface area contributed by atoms with Crippen LogP contribution in [-0.2, 0) is 13.1 Å². The molecule has 2 atom stereocenters. The number of alkyl halides is 1. The molecule has 1 fully saturated rings. The van der Waals surface area contributed by atoms with Crippen LogP contribution in [0.25, 0.3) is 11.4 Å². The average Bonchev–Trinajstić information content (AvgIpc) is 3.25.